The van der Waals surface area contributed by atoms with Gasteiger partial charge >= 0.3 is 0 Å². The van der Waals surface area contributed by atoms with E-state index < -0.39 is 0 Å². The lowest BCUT2D eigenvalue weighted by Gasteiger charge is -2.36. The molecule has 21 heavy (non-hydrogen) atoms. The van der Waals surface area contributed by atoms with Crippen molar-refractivity contribution in [2.45, 2.75) is 32.2 Å². The van der Waals surface area contributed by atoms with E-state index in [-0.39, 0.29) is 24.8 Å². The Balaban J connectivity index is 0.00000110. The van der Waals surface area contributed by atoms with Gasteiger partial charge in [0.2, 0.25) is 0 Å². The fraction of sp³-hybridized carbons (Fsp3) is 0.625. The van der Waals surface area contributed by atoms with Crippen LogP contribution in [0.4, 0.5) is 0 Å². The van der Waals surface area contributed by atoms with Crippen LogP contribution >= 0.6 is 36.4 Å². The van der Waals surface area contributed by atoms with Crippen molar-refractivity contribution >= 4 is 36.4 Å². The lowest BCUT2D eigenvalue weighted by atomic mass is 9.95. The monoisotopic (exact) mass is 350 g/mol. The molecule has 1 saturated heterocycles. The number of nitrogens with one attached hydrogen (secondary N) is 1. The molecule has 2 fully saturated rings. The number of piperazine rings is 1. The summed E-state index contributed by atoms with van der Waals surface area (Å²) >= 11 is 6.10. The zero-order valence-electron chi connectivity index (χ0n) is 12.5. The molecular formula is C16H25Cl3N2. The first-order chi connectivity index (χ1) is 9.24. The Morgan fingerprint density at radius 1 is 1.24 bits per heavy atom. The predicted octanol–water partition coefficient (Wildman–Crippen LogP) is 4.24. The number of nitrogens with zero attached hydrogens (tertiary/aromatic N) is 1. The smallest absolute Gasteiger partial charge is 0.0408 e. The zero-order chi connectivity index (χ0) is 13.2. The molecule has 120 valence electrons. The third-order valence-corrected chi connectivity index (χ3v) is 4.67. The minimum atomic E-state index is 0. The lowest BCUT2D eigenvalue weighted by Crippen LogP contribution is -2.45. The molecule has 0 aromatic heterocycles. The van der Waals surface area contributed by atoms with E-state index in [1.807, 2.05) is 6.07 Å². The van der Waals surface area contributed by atoms with Crippen molar-refractivity contribution in [2.24, 2.45) is 5.92 Å². The maximum Gasteiger partial charge on any atom is 0.0408 e. The van der Waals surface area contributed by atoms with E-state index in [2.05, 4.69) is 29.3 Å². The number of benzene rings is 1. The van der Waals surface area contributed by atoms with Crippen LogP contribution in [-0.2, 0) is 0 Å². The van der Waals surface area contributed by atoms with Gasteiger partial charge in [0.25, 0.3) is 0 Å². The minimum Gasteiger partial charge on any atom is -0.314 e. The predicted molar refractivity (Wildman–Crippen MR) is 95.2 cm³/mol. The fourth-order valence-electron chi connectivity index (χ4n) is 3.15. The molecule has 1 aliphatic carbocycles. The summed E-state index contributed by atoms with van der Waals surface area (Å²) in [5, 5.41) is 4.30. The van der Waals surface area contributed by atoms with Crippen LogP contribution in [0.25, 0.3) is 0 Å². The van der Waals surface area contributed by atoms with Gasteiger partial charge in [0.05, 0.1) is 0 Å². The quantitative estimate of drug-likeness (QED) is 0.873. The van der Waals surface area contributed by atoms with E-state index in [0.717, 1.165) is 24.0 Å². The third-order valence-electron chi connectivity index (χ3n) is 4.44. The summed E-state index contributed by atoms with van der Waals surface area (Å²) in [4.78, 5) is 2.66. The Bertz CT molecular complexity index is 443. The molecule has 3 rings (SSSR count). The van der Waals surface area contributed by atoms with Crippen LogP contribution in [0.15, 0.2) is 18.2 Å². The third kappa shape index (κ3) is 5.01. The van der Waals surface area contributed by atoms with Gasteiger partial charge in [-0.2, -0.15) is 0 Å². The zero-order valence-corrected chi connectivity index (χ0v) is 14.9. The Morgan fingerprint density at radius 3 is 2.48 bits per heavy atom. The summed E-state index contributed by atoms with van der Waals surface area (Å²) < 4.78 is 0. The average Bonchev–Trinajstić information content (AvgIpc) is 3.22. The van der Waals surface area contributed by atoms with Gasteiger partial charge in [-0.05, 0) is 42.5 Å². The highest BCUT2D eigenvalue weighted by Crippen LogP contribution is 2.41. The topological polar surface area (TPSA) is 15.3 Å². The molecule has 1 aromatic carbocycles. The number of hydrogen-bond donors (Lipinski definition) is 1. The van der Waals surface area contributed by atoms with Crippen molar-refractivity contribution in [1.29, 1.82) is 0 Å². The minimum absolute atomic E-state index is 0. The highest BCUT2D eigenvalue weighted by molar-refractivity contribution is 6.30. The molecule has 0 spiro atoms. The first-order valence-electron chi connectivity index (χ1n) is 7.45. The largest absolute Gasteiger partial charge is 0.314 e. The number of rotatable bonds is 4. The second kappa shape index (κ2) is 8.59. The van der Waals surface area contributed by atoms with Crippen LogP contribution in [0, 0.1) is 12.8 Å². The second-order valence-electron chi connectivity index (χ2n) is 5.98. The van der Waals surface area contributed by atoms with Crippen molar-refractivity contribution in [3.63, 3.8) is 0 Å². The van der Waals surface area contributed by atoms with E-state index in [1.54, 1.807) is 0 Å². The standard InChI is InChI=1S/C16H23ClN2.2ClH/c1-12-10-14(17)4-5-15(12)16(11-13-2-3-13)19-8-6-18-7-9-19;;/h4-5,10,13,16,18H,2-3,6-9,11H2,1H3;2*1H/t16-;;/m0../s1. The van der Waals surface area contributed by atoms with Crippen LogP contribution in [-0.4, -0.2) is 31.1 Å². The van der Waals surface area contributed by atoms with Gasteiger partial charge in [-0.15, -0.1) is 24.8 Å². The van der Waals surface area contributed by atoms with E-state index in [0.29, 0.717) is 6.04 Å². The first-order valence-corrected chi connectivity index (χ1v) is 7.82. The molecule has 0 amide bonds. The van der Waals surface area contributed by atoms with Gasteiger partial charge in [-0.3, -0.25) is 4.90 Å². The van der Waals surface area contributed by atoms with Gasteiger partial charge in [0.1, 0.15) is 0 Å². The fourth-order valence-corrected chi connectivity index (χ4v) is 3.38. The maximum atomic E-state index is 6.10. The van der Waals surface area contributed by atoms with Gasteiger partial charge < -0.3 is 5.32 Å². The first kappa shape index (κ1) is 19.1. The van der Waals surface area contributed by atoms with E-state index in [1.165, 1.54) is 43.5 Å². The normalized spacial score (nSPS) is 20.3. The molecule has 0 unspecified atom stereocenters. The molecule has 2 nitrogen and oxygen atoms in total. The van der Waals surface area contributed by atoms with E-state index >= 15 is 0 Å². The number of hydrogen-bond acceptors (Lipinski definition) is 2. The summed E-state index contributed by atoms with van der Waals surface area (Å²) in [5.41, 5.74) is 2.83. The maximum absolute atomic E-state index is 6.10. The number of halogens is 3. The van der Waals surface area contributed by atoms with Crippen LogP contribution in [0.2, 0.25) is 5.02 Å². The summed E-state index contributed by atoms with van der Waals surface area (Å²) in [6.07, 6.45) is 4.17. The molecular weight excluding hydrogens is 327 g/mol. The van der Waals surface area contributed by atoms with Crippen molar-refractivity contribution < 1.29 is 0 Å². The van der Waals surface area contributed by atoms with Gasteiger partial charge in [0, 0.05) is 37.2 Å². The number of aryl methyl sites for hydroxylation is 1. The molecule has 5 heteroatoms. The van der Waals surface area contributed by atoms with Crippen molar-refractivity contribution in [2.75, 3.05) is 26.2 Å². The highest BCUT2D eigenvalue weighted by atomic mass is 35.5. The van der Waals surface area contributed by atoms with Crippen molar-refractivity contribution in [3.8, 4) is 0 Å². The van der Waals surface area contributed by atoms with Crippen LogP contribution < -0.4 is 5.32 Å². The lowest BCUT2D eigenvalue weighted by molar-refractivity contribution is 0.160. The molecule has 1 aromatic rings. The summed E-state index contributed by atoms with van der Waals surface area (Å²) in [6.45, 7) is 6.77. The highest BCUT2D eigenvalue weighted by Gasteiger charge is 2.31. The summed E-state index contributed by atoms with van der Waals surface area (Å²) in [6, 6.07) is 6.99. The molecule has 1 N–H and O–H groups in total. The molecule has 1 saturated carbocycles. The van der Waals surface area contributed by atoms with Crippen LogP contribution in [0.5, 0.6) is 0 Å². The SMILES string of the molecule is Cc1cc(Cl)ccc1[C@H](CC1CC1)N1CCNCC1.Cl.Cl. The van der Waals surface area contributed by atoms with Crippen molar-refractivity contribution in [1.82, 2.24) is 10.2 Å². The van der Waals surface area contributed by atoms with Gasteiger partial charge in [-0.25, -0.2) is 0 Å². The Hall–Kier alpha value is 0.01000. The molecule has 1 heterocycles. The Kier molecular flexibility index (Phi) is 7.80. The second-order valence-corrected chi connectivity index (χ2v) is 6.42. The molecule has 1 atom stereocenters. The average molecular weight is 352 g/mol. The molecule has 2 aliphatic rings. The van der Waals surface area contributed by atoms with Gasteiger partial charge in [0.15, 0.2) is 0 Å². The summed E-state index contributed by atoms with van der Waals surface area (Å²) in [7, 11) is 0. The summed E-state index contributed by atoms with van der Waals surface area (Å²) in [5.74, 6) is 0.954. The van der Waals surface area contributed by atoms with E-state index in [4.69, 9.17) is 11.6 Å². The Morgan fingerprint density at radius 2 is 1.90 bits per heavy atom. The van der Waals surface area contributed by atoms with Crippen LogP contribution in [0.1, 0.15) is 36.4 Å². The van der Waals surface area contributed by atoms with Gasteiger partial charge in [-0.1, -0.05) is 30.5 Å². The molecule has 0 radical (unpaired) electrons. The van der Waals surface area contributed by atoms with Crippen LogP contribution in [0.3, 0.4) is 0 Å². The molecule has 0 bridgehead atoms. The molecule has 1 aliphatic heterocycles. The van der Waals surface area contributed by atoms with Crippen molar-refractivity contribution in [3.05, 3.63) is 34.3 Å². The Labute approximate surface area is 145 Å². The van der Waals surface area contributed by atoms with E-state index in [9.17, 15) is 0 Å².